The van der Waals surface area contributed by atoms with E-state index in [0.29, 0.717) is 5.56 Å². The summed E-state index contributed by atoms with van der Waals surface area (Å²) in [5, 5.41) is 2.45. The van der Waals surface area contributed by atoms with E-state index in [0.717, 1.165) is 11.6 Å². The van der Waals surface area contributed by atoms with Crippen molar-refractivity contribution in [2.45, 2.75) is 13.5 Å². The van der Waals surface area contributed by atoms with Crippen LogP contribution < -0.4 is 5.32 Å². The third-order valence-corrected chi connectivity index (χ3v) is 3.35. The van der Waals surface area contributed by atoms with Crippen LogP contribution in [-0.4, -0.2) is 5.91 Å². The molecule has 0 aromatic heterocycles. The summed E-state index contributed by atoms with van der Waals surface area (Å²) in [6.07, 6.45) is 0. The summed E-state index contributed by atoms with van der Waals surface area (Å²) in [6, 6.07) is 10.1. The second-order valence-corrected chi connectivity index (χ2v) is 4.72. The predicted octanol–water partition coefficient (Wildman–Crippen LogP) is 3.86. The number of carbonyl (C=O) groups excluding carboxylic acids is 1. The molecule has 0 atom stereocenters. The highest BCUT2D eigenvalue weighted by atomic mass is 35.5. The lowest BCUT2D eigenvalue weighted by atomic mass is 10.1. The summed E-state index contributed by atoms with van der Waals surface area (Å²) < 4.78 is 27.0. The van der Waals surface area contributed by atoms with Gasteiger partial charge in [0.15, 0.2) is 11.6 Å². The Hall–Kier alpha value is -1.94. The van der Waals surface area contributed by atoms with E-state index >= 15 is 0 Å². The smallest absolute Gasteiger partial charge is 0.256 e. The number of nitrogens with one attached hydrogen (secondary N) is 1. The zero-order valence-electron chi connectivity index (χ0n) is 10.7. The molecular weight excluding hydrogens is 284 g/mol. The predicted molar refractivity (Wildman–Crippen MR) is 73.7 cm³/mol. The van der Waals surface area contributed by atoms with Gasteiger partial charge in [-0.15, -0.1) is 0 Å². The number of rotatable bonds is 3. The van der Waals surface area contributed by atoms with Crippen molar-refractivity contribution in [2.24, 2.45) is 0 Å². The number of amides is 1. The minimum Gasteiger partial charge on any atom is -0.348 e. The Kier molecular flexibility index (Phi) is 4.35. The van der Waals surface area contributed by atoms with Crippen LogP contribution in [0.4, 0.5) is 8.78 Å². The first-order chi connectivity index (χ1) is 9.50. The van der Waals surface area contributed by atoms with Crippen LogP contribution in [0, 0.1) is 18.6 Å². The van der Waals surface area contributed by atoms with Gasteiger partial charge >= 0.3 is 0 Å². The molecule has 0 spiro atoms. The van der Waals surface area contributed by atoms with Crippen LogP contribution in [0.1, 0.15) is 21.5 Å². The van der Waals surface area contributed by atoms with Gasteiger partial charge in [-0.05, 0) is 24.1 Å². The van der Waals surface area contributed by atoms with Gasteiger partial charge in [-0.25, -0.2) is 8.78 Å². The lowest BCUT2D eigenvalue weighted by molar-refractivity contribution is 0.0946. The molecule has 2 aromatic carbocycles. The minimum absolute atomic E-state index is 0.0746. The molecule has 2 aromatic rings. The molecule has 1 N–H and O–H groups in total. The molecule has 0 aliphatic rings. The highest BCUT2D eigenvalue weighted by molar-refractivity contribution is 6.34. The Morgan fingerprint density at radius 2 is 1.90 bits per heavy atom. The first kappa shape index (κ1) is 14.5. The molecule has 0 radical (unpaired) electrons. The Morgan fingerprint density at radius 3 is 2.55 bits per heavy atom. The van der Waals surface area contributed by atoms with Crippen LogP contribution in [-0.2, 0) is 6.54 Å². The van der Waals surface area contributed by atoms with Crippen molar-refractivity contribution in [3.05, 3.63) is 69.7 Å². The van der Waals surface area contributed by atoms with Gasteiger partial charge in [0.25, 0.3) is 5.91 Å². The van der Waals surface area contributed by atoms with E-state index < -0.39 is 23.1 Å². The fraction of sp³-hybridized carbons (Fsp3) is 0.133. The Labute approximate surface area is 120 Å². The van der Waals surface area contributed by atoms with E-state index in [2.05, 4.69) is 5.32 Å². The van der Waals surface area contributed by atoms with Crippen molar-refractivity contribution in [1.29, 1.82) is 0 Å². The Morgan fingerprint density at radius 1 is 1.25 bits per heavy atom. The van der Waals surface area contributed by atoms with E-state index in [1.807, 2.05) is 30.3 Å². The lowest BCUT2D eigenvalue weighted by Gasteiger charge is -2.10. The molecule has 104 valence electrons. The number of hydrogen-bond acceptors (Lipinski definition) is 1. The van der Waals surface area contributed by atoms with Crippen molar-refractivity contribution < 1.29 is 13.6 Å². The van der Waals surface area contributed by atoms with Crippen LogP contribution in [0.5, 0.6) is 0 Å². The standard InChI is InChI=1S/C15H12ClF2NO/c1-9-7-11(17)14(18)12(13(9)16)15(20)19-8-10-5-3-2-4-6-10/h2-7H,8H2,1H3,(H,19,20). The highest BCUT2D eigenvalue weighted by Crippen LogP contribution is 2.25. The van der Waals surface area contributed by atoms with Crippen LogP contribution in [0.15, 0.2) is 36.4 Å². The van der Waals surface area contributed by atoms with E-state index in [1.54, 1.807) is 0 Å². The second-order valence-electron chi connectivity index (χ2n) is 4.35. The summed E-state index contributed by atoms with van der Waals surface area (Å²) >= 11 is 5.88. The second kappa shape index (κ2) is 6.01. The van der Waals surface area contributed by atoms with Crippen LogP contribution in [0.2, 0.25) is 5.02 Å². The molecule has 0 heterocycles. The summed E-state index contributed by atoms with van der Waals surface area (Å²) in [5.74, 6) is -3.05. The fourth-order valence-corrected chi connectivity index (χ4v) is 2.02. The molecule has 0 saturated heterocycles. The molecule has 20 heavy (non-hydrogen) atoms. The van der Waals surface area contributed by atoms with Crippen molar-refractivity contribution >= 4 is 17.5 Å². The van der Waals surface area contributed by atoms with Gasteiger partial charge in [0.1, 0.15) is 0 Å². The minimum atomic E-state index is -1.23. The Balaban J connectivity index is 2.22. The highest BCUT2D eigenvalue weighted by Gasteiger charge is 2.21. The number of benzene rings is 2. The maximum absolute atomic E-state index is 13.7. The van der Waals surface area contributed by atoms with Gasteiger partial charge in [0.2, 0.25) is 0 Å². The van der Waals surface area contributed by atoms with Crippen molar-refractivity contribution in [2.75, 3.05) is 0 Å². The topological polar surface area (TPSA) is 29.1 Å². The Bertz CT molecular complexity index is 618. The molecule has 0 fully saturated rings. The molecular formula is C15H12ClF2NO. The van der Waals surface area contributed by atoms with E-state index in [4.69, 9.17) is 11.6 Å². The summed E-state index contributed by atoms with van der Waals surface area (Å²) in [5.41, 5.74) is 0.709. The molecule has 0 saturated carbocycles. The van der Waals surface area contributed by atoms with Gasteiger partial charge in [-0.2, -0.15) is 0 Å². The monoisotopic (exact) mass is 295 g/mol. The van der Waals surface area contributed by atoms with Crippen LogP contribution in [0.3, 0.4) is 0 Å². The first-order valence-corrected chi connectivity index (χ1v) is 6.34. The number of halogens is 3. The van der Waals surface area contributed by atoms with Gasteiger partial charge in [0.05, 0.1) is 10.6 Å². The van der Waals surface area contributed by atoms with Crippen LogP contribution >= 0.6 is 11.6 Å². The van der Waals surface area contributed by atoms with Gasteiger partial charge < -0.3 is 5.32 Å². The molecule has 5 heteroatoms. The van der Waals surface area contributed by atoms with E-state index in [1.165, 1.54) is 6.92 Å². The van der Waals surface area contributed by atoms with Crippen molar-refractivity contribution in [3.63, 3.8) is 0 Å². The normalized spacial score (nSPS) is 10.4. The SMILES string of the molecule is Cc1cc(F)c(F)c(C(=O)NCc2ccccc2)c1Cl. The largest absolute Gasteiger partial charge is 0.348 e. The van der Waals surface area contributed by atoms with Gasteiger partial charge in [-0.3, -0.25) is 4.79 Å². The fourth-order valence-electron chi connectivity index (χ4n) is 1.80. The maximum atomic E-state index is 13.7. The number of carbonyl (C=O) groups is 1. The zero-order chi connectivity index (χ0) is 14.7. The third kappa shape index (κ3) is 2.96. The quantitative estimate of drug-likeness (QED) is 0.856. The molecule has 0 bridgehead atoms. The van der Waals surface area contributed by atoms with Gasteiger partial charge in [0, 0.05) is 6.54 Å². The molecule has 1 amide bonds. The maximum Gasteiger partial charge on any atom is 0.256 e. The van der Waals surface area contributed by atoms with Crippen LogP contribution in [0.25, 0.3) is 0 Å². The first-order valence-electron chi connectivity index (χ1n) is 5.97. The lowest BCUT2D eigenvalue weighted by Crippen LogP contribution is -2.25. The molecule has 2 rings (SSSR count). The summed E-state index contributed by atoms with van der Waals surface area (Å²) in [7, 11) is 0. The summed E-state index contributed by atoms with van der Waals surface area (Å²) in [6.45, 7) is 1.73. The molecule has 0 aliphatic carbocycles. The number of hydrogen-bond donors (Lipinski definition) is 1. The van der Waals surface area contributed by atoms with Crippen molar-refractivity contribution in [3.8, 4) is 0 Å². The molecule has 0 unspecified atom stereocenters. The molecule has 0 aliphatic heterocycles. The average Bonchev–Trinajstić information content (AvgIpc) is 2.44. The molecule has 2 nitrogen and oxygen atoms in total. The van der Waals surface area contributed by atoms with E-state index in [9.17, 15) is 13.6 Å². The average molecular weight is 296 g/mol. The van der Waals surface area contributed by atoms with Crippen molar-refractivity contribution in [1.82, 2.24) is 5.32 Å². The number of aryl methyl sites for hydroxylation is 1. The van der Waals surface area contributed by atoms with Gasteiger partial charge in [-0.1, -0.05) is 41.9 Å². The third-order valence-electron chi connectivity index (χ3n) is 2.86. The summed E-state index contributed by atoms with van der Waals surface area (Å²) in [4.78, 5) is 12.0. The van der Waals surface area contributed by atoms with E-state index in [-0.39, 0.29) is 11.6 Å². The zero-order valence-corrected chi connectivity index (χ0v) is 11.5.